The number of aromatic nitrogens is 2. The van der Waals surface area contributed by atoms with Crippen molar-refractivity contribution < 1.29 is 0 Å². The van der Waals surface area contributed by atoms with Crippen LogP contribution in [0.3, 0.4) is 0 Å². The molecule has 2 aliphatic rings. The Hall–Kier alpha value is -1.16. The first-order valence-electron chi connectivity index (χ1n) is 7.06. The molecular formula is C14H22N4. The van der Waals surface area contributed by atoms with Gasteiger partial charge in [0.15, 0.2) is 0 Å². The first-order chi connectivity index (χ1) is 8.76. The third kappa shape index (κ3) is 2.48. The van der Waals surface area contributed by atoms with E-state index in [0.717, 1.165) is 12.2 Å². The average molecular weight is 246 g/mol. The van der Waals surface area contributed by atoms with Crippen LogP contribution in [0.1, 0.15) is 44.2 Å². The summed E-state index contributed by atoms with van der Waals surface area (Å²) < 4.78 is 0. The smallest absolute Gasteiger partial charge is 0.220 e. The van der Waals surface area contributed by atoms with Gasteiger partial charge in [0.25, 0.3) is 0 Å². The van der Waals surface area contributed by atoms with Crippen LogP contribution in [0.4, 0.5) is 5.95 Å². The summed E-state index contributed by atoms with van der Waals surface area (Å²) in [6.45, 7) is 3.38. The molecule has 0 atom stereocenters. The summed E-state index contributed by atoms with van der Waals surface area (Å²) in [5, 5.41) is 0. The minimum Gasteiger partial charge on any atom is -0.368 e. The Morgan fingerprint density at radius 2 is 2.06 bits per heavy atom. The molecule has 1 aliphatic carbocycles. The topological polar surface area (TPSA) is 55.0 Å². The summed E-state index contributed by atoms with van der Waals surface area (Å²) in [6, 6.07) is 1.97. The molecule has 4 nitrogen and oxygen atoms in total. The minimum absolute atomic E-state index is 0.388. The Kier molecular flexibility index (Phi) is 3.20. The monoisotopic (exact) mass is 246 g/mol. The highest BCUT2D eigenvalue weighted by Gasteiger charge is 2.38. The van der Waals surface area contributed by atoms with E-state index in [0.29, 0.717) is 11.4 Å². The van der Waals surface area contributed by atoms with Gasteiger partial charge in [0.05, 0.1) is 5.69 Å². The lowest BCUT2D eigenvalue weighted by atomic mass is 9.73. The fourth-order valence-corrected chi connectivity index (χ4v) is 3.60. The molecule has 2 N–H and O–H groups in total. The maximum absolute atomic E-state index is 5.63. The van der Waals surface area contributed by atoms with E-state index in [2.05, 4.69) is 14.9 Å². The fraction of sp³-hybridized carbons (Fsp3) is 0.714. The summed E-state index contributed by atoms with van der Waals surface area (Å²) in [5.41, 5.74) is 7.30. The number of nitrogens with zero attached hydrogens (tertiary/aromatic N) is 3. The van der Waals surface area contributed by atoms with Crippen molar-refractivity contribution in [3.05, 3.63) is 18.0 Å². The number of nitrogens with two attached hydrogens (primary N) is 1. The molecule has 1 saturated heterocycles. The fourth-order valence-electron chi connectivity index (χ4n) is 3.60. The van der Waals surface area contributed by atoms with Gasteiger partial charge in [-0.3, -0.25) is 4.90 Å². The van der Waals surface area contributed by atoms with Crippen molar-refractivity contribution in [1.82, 2.24) is 14.9 Å². The lowest BCUT2D eigenvalue weighted by molar-refractivity contribution is 0.183. The lowest BCUT2D eigenvalue weighted by Gasteiger charge is -2.33. The highest BCUT2D eigenvalue weighted by molar-refractivity contribution is 5.17. The summed E-state index contributed by atoms with van der Waals surface area (Å²) >= 11 is 0. The molecular weight excluding hydrogens is 224 g/mol. The lowest BCUT2D eigenvalue weighted by Crippen LogP contribution is -2.29. The van der Waals surface area contributed by atoms with Gasteiger partial charge >= 0.3 is 0 Å². The normalized spacial score (nSPS) is 23.6. The molecule has 98 valence electrons. The number of hydrogen-bond donors (Lipinski definition) is 1. The molecule has 0 bridgehead atoms. The molecule has 1 aromatic heterocycles. The summed E-state index contributed by atoms with van der Waals surface area (Å²) in [4.78, 5) is 10.8. The van der Waals surface area contributed by atoms with Gasteiger partial charge < -0.3 is 5.73 Å². The quantitative estimate of drug-likeness (QED) is 0.869. The van der Waals surface area contributed by atoms with Crippen molar-refractivity contribution >= 4 is 5.95 Å². The van der Waals surface area contributed by atoms with E-state index in [1.165, 1.54) is 51.6 Å². The van der Waals surface area contributed by atoms with Gasteiger partial charge in [-0.15, -0.1) is 0 Å². The van der Waals surface area contributed by atoms with Gasteiger partial charge in [-0.25, -0.2) is 9.97 Å². The van der Waals surface area contributed by atoms with Crippen LogP contribution in [0.15, 0.2) is 12.3 Å². The molecule has 18 heavy (non-hydrogen) atoms. The van der Waals surface area contributed by atoms with Gasteiger partial charge in [-0.05, 0) is 37.3 Å². The van der Waals surface area contributed by atoms with Gasteiger partial charge in [0.2, 0.25) is 5.95 Å². The molecule has 2 heterocycles. The van der Waals surface area contributed by atoms with Crippen molar-refractivity contribution in [2.75, 3.05) is 18.8 Å². The SMILES string of the molecule is Nc1nccc(CN2CCC3(CCCCC3)C2)n1. The molecule has 0 unspecified atom stereocenters. The molecule has 0 radical (unpaired) electrons. The second-order valence-electron chi connectivity index (χ2n) is 5.93. The molecule has 4 heteroatoms. The highest BCUT2D eigenvalue weighted by atomic mass is 15.2. The van der Waals surface area contributed by atoms with E-state index in [1.807, 2.05) is 6.07 Å². The zero-order chi connectivity index (χ0) is 12.4. The molecule has 1 saturated carbocycles. The van der Waals surface area contributed by atoms with Crippen LogP contribution in [0, 0.1) is 5.41 Å². The number of nitrogen functional groups attached to an aromatic ring is 1. The van der Waals surface area contributed by atoms with E-state index >= 15 is 0 Å². The molecule has 1 aromatic rings. The van der Waals surface area contributed by atoms with Crippen LogP contribution in [0.25, 0.3) is 0 Å². The maximum Gasteiger partial charge on any atom is 0.220 e. The van der Waals surface area contributed by atoms with Crippen LogP contribution < -0.4 is 5.73 Å². The molecule has 1 spiro atoms. The van der Waals surface area contributed by atoms with E-state index < -0.39 is 0 Å². The van der Waals surface area contributed by atoms with E-state index in [4.69, 9.17) is 5.73 Å². The molecule has 1 aliphatic heterocycles. The van der Waals surface area contributed by atoms with Crippen LogP contribution >= 0.6 is 0 Å². The van der Waals surface area contributed by atoms with Crippen LogP contribution in [0.2, 0.25) is 0 Å². The zero-order valence-electron chi connectivity index (χ0n) is 10.9. The number of rotatable bonds is 2. The van der Waals surface area contributed by atoms with Crippen molar-refractivity contribution in [3.8, 4) is 0 Å². The Morgan fingerprint density at radius 1 is 1.22 bits per heavy atom. The first kappa shape index (κ1) is 11.9. The largest absolute Gasteiger partial charge is 0.368 e. The Labute approximate surface area is 109 Å². The van der Waals surface area contributed by atoms with Crippen molar-refractivity contribution in [3.63, 3.8) is 0 Å². The zero-order valence-corrected chi connectivity index (χ0v) is 10.9. The van der Waals surface area contributed by atoms with Crippen molar-refractivity contribution in [2.45, 2.75) is 45.1 Å². The van der Waals surface area contributed by atoms with Gasteiger partial charge in [-0.1, -0.05) is 19.3 Å². The van der Waals surface area contributed by atoms with Gasteiger partial charge in [0.1, 0.15) is 0 Å². The second-order valence-corrected chi connectivity index (χ2v) is 5.93. The van der Waals surface area contributed by atoms with E-state index in [-0.39, 0.29) is 0 Å². The van der Waals surface area contributed by atoms with Crippen molar-refractivity contribution in [1.29, 1.82) is 0 Å². The van der Waals surface area contributed by atoms with E-state index in [9.17, 15) is 0 Å². The Morgan fingerprint density at radius 3 is 2.83 bits per heavy atom. The number of likely N-dealkylation sites (tertiary alicyclic amines) is 1. The molecule has 0 amide bonds. The average Bonchev–Trinajstić information content (AvgIpc) is 2.73. The van der Waals surface area contributed by atoms with Gasteiger partial charge in [0, 0.05) is 19.3 Å². The first-order valence-corrected chi connectivity index (χ1v) is 7.06. The summed E-state index contributed by atoms with van der Waals surface area (Å²) in [6.07, 6.45) is 10.3. The Bertz CT molecular complexity index is 412. The molecule has 0 aromatic carbocycles. The minimum atomic E-state index is 0.388. The maximum atomic E-state index is 5.63. The van der Waals surface area contributed by atoms with Crippen LogP contribution in [-0.4, -0.2) is 28.0 Å². The van der Waals surface area contributed by atoms with Crippen LogP contribution in [-0.2, 0) is 6.54 Å². The van der Waals surface area contributed by atoms with E-state index in [1.54, 1.807) is 6.20 Å². The van der Waals surface area contributed by atoms with Crippen LogP contribution in [0.5, 0.6) is 0 Å². The molecule has 2 fully saturated rings. The standard InChI is InChI=1S/C14H22N4/c15-13-16-8-4-12(17-13)10-18-9-7-14(11-18)5-2-1-3-6-14/h4,8H,1-3,5-7,9-11H2,(H2,15,16,17). The van der Waals surface area contributed by atoms with Crippen molar-refractivity contribution in [2.24, 2.45) is 5.41 Å². The Balaban J connectivity index is 1.62. The molecule has 3 rings (SSSR count). The third-order valence-corrected chi connectivity index (χ3v) is 4.55. The van der Waals surface area contributed by atoms with Gasteiger partial charge in [-0.2, -0.15) is 0 Å². The summed E-state index contributed by atoms with van der Waals surface area (Å²) in [7, 11) is 0. The number of anilines is 1. The predicted octanol–water partition coefficient (Wildman–Crippen LogP) is 2.21. The third-order valence-electron chi connectivity index (χ3n) is 4.55. The summed E-state index contributed by atoms with van der Waals surface area (Å²) in [5.74, 6) is 0.388. The predicted molar refractivity (Wildman–Crippen MR) is 71.9 cm³/mol. The second kappa shape index (κ2) is 4.84. The highest BCUT2D eigenvalue weighted by Crippen LogP contribution is 2.43. The number of hydrogen-bond acceptors (Lipinski definition) is 4.